The fraction of sp³-hybridized carbons (Fsp3) is 0.185. The molecule has 0 spiro atoms. The van der Waals surface area contributed by atoms with Crippen LogP contribution in [0.2, 0.25) is 5.02 Å². The number of halogens is 2. The molecule has 0 aliphatic rings. The minimum Gasteiger partial charge on any atom is -0.205 e. The van der Waals surface area contributed by atoms with Gasteiger partial charge in [0.05, 0.1) is 5.02 Å². The first-order valence-electron chi connectivity index (χ1n) is 10.2. The van der Waals surface area contributed by atoms with E-state index < -0.39 is 5.82 Å². The Kier molecular flexibility index (Phi) is 5.97. The zero-order valence-corrected chi connectivity index (χ0v) is 17.3. The summed E-state index contributed by atoms with van der Waals surface area (Å²) in [6.07, 6.45) is 4.95. The maximum Gasteiger partial charge on any atom is 0.142 e. The van der Waals surface area contributed by atoms with Crippen LogP contribution in [0.25, 0.3) is 33.0 Å². The third kappa shape index (κ3) is 4.52. The third-order valence-electron chi connectivity index (χ3n) is 5.44. The molecule has 0 N–H and O–H groups in total. The second kappa shape index (κ2) is 8.80. The normalized spacial score (nSPS) is 11.1. The molecule has 2 heteroatoms. The van der Waals surface area contributed by atoms with E-state index >= 15 is 0 Å². The molecule has 29 heavy (non-hydrogen) atoms. The molecular formula is C27H24ClF. The Bertz CT molecular complexity index is 1130. The molecule has 0 fully saturated rings. The molecule has 0 heterocycles. The molecule has 4 aromatic rings. The van der Waals surface area contributed by atoms with Crippen molar-refractivity contribution in [2.24, 2.45) is 0 Å². The van der Waals surface area contributed by atoms with Gasteiger partial charge in [0.2, 0.25) is 0 Å². The Balaban J connectivity index is 1.57. The highest BCUT2D eigenvalue weighted by atomic mass is 35.5. The average Bonchev–Trinajstić information content (AvgIpc) is 2.75. The molecule has 4 rings (SSSR count). The van der Waals surface area contributed by atoms with E-state index in [4.69, 9.17) is 11.6 Å². The lowest BCUT2D eigenvalue weighted by Gasteiger charge is -2.08. The highest BCUT2D eigenvalue weighted by Gasteiger charge is 2.05. The SMILES string of the molecule is CCCCCc1ccc2cc(-c3ccc(-c4ccc(Cl)c(F)c4)cc3)ccc2c1. The predicted molar refractivity (Wildman–Crippen MR) is 123 cm³/mol. The molecule has 146 valence electrons. The van der Waals surface area contributed by atoms with Crippen LogP contribution in [0.1, 0.15) is 31.7 Å². The van der Waals surface area contributed by atoms with E-state index in [2.05, 4.69) is 55.5 Å². The van der Waals surface area contributed by atoms with Crippen LogP contribution in [0, 0.1) is 5.82 Å². The van der Waals surface area contributed by atoms with Crippen LogP contribution in [0.4, 0.5) is 4.39 Å². The number of unbranched alkanes of at least 4 members (excludes halogenated alkanes) is 2. The van der Waals surface area contributed by atoms with Gasteiger partial charge in [0.1, 0.15) is 5.82 Å². The fourth-order valence-corrected chi connectivity index (χ4v) is 3.86. The summed E-state index contributed by atoms with van der Waals surface area (Å²) in [6, 6.07) is 26.5. The lowest BCUT2D eigenvalue weighted by atomic mass is 9.97. The van der Waals surface area contributed by atoms with Crippen LogP contribution in [-0.2, 0) is 6.42 Å². The van der Waals surface area contributed by atoms with Gasteiger partial charge in [-0.15, -0.1) is 0 Å². The summed E-state index contributed by atoms with van der Waals surface area (Å²) in [5, 5.41) is 2.69. The Labute approximate surface area is 177 Å². The van der Waals surface area contributed by atoms with Crippen molar-refractivity contribution in [3.05, 3.63) is 95.3 Å². The second-order valence-electron chi connectivity index (χ2n) is 7.56. The number of rotatable bonds is 6. The largest absolute Gasteiger partial charge is 0.205 e. The molecule has 0 atom stereocenters. The summed E-state index contributed by atoms with van der Waals surface area (Å²) in [5.41, 5.74) is 5.55. The Morgan fingerprint density at radius 3 is 1.93 bits per heavy atom. The van der Waals surface area contributed by atoms with E-state index in [1.165, 1.54) is 47.2 Å². The first-order valence-corrected chi connectivity index (χ1v) is 10.6. The quantitative estimate of drug-likeness (QED) is 0.283. The van der Waals surface area contributed by atoms with Crippen molar-refractivity contribution in [1.29, 1.82) is 0 Å². The van der Waals surface area contributed by atoms with Gasteiger partial charge in [-0.25, -0.2) is 4.39 Å². The van der Waals surface area contributed by atoms with Gasteiger partial charge in [-0.2, -0.15) is 0 Å². The summed E-state index contributed by atoms with van der Waals surface area (Å²) in [5.74, 6) is -0.392. The number of hydrogen-bond acceptors (Lipinski definition) is 0. The number of fused-ring (bicyclic) bond motifs is 1. The number of hydrogen-bond donors (Lipinski definition) is 0. The maximum absolute atomic E-state index is 13.7. The van der Waals surface area contributed by atoms with Crippen LogP contribution in [0.5, 0.6) is 0 Å². The van der Waals surface area contributed by atoms with E-state index in [-0.39, 0.29) is 5.02 Å². The third-order valence-corrected chi connectivity index (χ3v) is 5.75. The minimum atomic E-state index is -0.392. The van der Waals surface area contributed by atoms with Crippen LogP contribution in [-0.4, -0.2) is 0 Å². The van der Waals surface area contributed by atoms with E-state index in [1.807, 2.05) is 18.2 Å². The topological polar surface area (TPSA) is 0 Å². The van der Waals surface area contributed by atoms with Crippen LogP contribution in [0.15, 0.2) is 78.9 Å². The lowest BCUT2D eigenvalue weighted by Crippen LogP contribution is -1.86. The average molecular weight is 403 g/mol. The molecule has 0 aromatic heterocycles. The highest BCUT2D eigenvalue weighted by molar-refractivity contribution is 6.30. The van der Waals surface area contributed by atoms with Gasteiger partial charge in [-0.1, -0.05) is 92.0 Å². The van der Waals surface area contributed by atoms with Gasteiger partial charge in [-0.05, 0) is 69.6 Å². The van der Waals surface area contributed by atoms with Crippen molar-refractivity contribution in [2.45, 2.75) is 32.6 Å². The van der Waals surface area contributed by atoms with Crippen molar-refractivity contribution in [3.8, 4) is 22.3 Å². The molecular weight excluding hydrogens is 379 g/mol. The first kappa shape index (κ1) is 19.7. The van der Waals surface area contributed by atoms with Crippen LogP contribution in [0.3, 0.4) is 0 Å². The molecule has 0 amide bonds. The van der Waals surface area contributed by atoms with Crippen molar-refractivity contribution in [2.75, 3.05) is 0 Å². The van der Waals surface area contributed by atoms with E-state index in [0.29, 0.717) is 0 Å². The monoisotopic (exact) mass is 402 g/mol. The van der Waals surface area contributed by atoms with Gasteiger partial charge in [-0.3, -0.25) is 0 Å². The zero-order chi connectivity index (χ0) is 20.2. The molecule has 0 saturated carbocycles. The van der Waals surface area contributed by atoms with Crippen molar-refractivity contribution < 1.29 is 4.39 Å². The van der Waals surface area contributed by atoms with Crippen molar-refractivity contribution in [1.82, 2.24) is 0 Å². The molecule has 0 aliphatic carbocycles. The molecule has 0 unspecified atom stereocenters. The Hall–Kier alpha value is -2.64. The van der Waals surface area contributed by atoms with E-state index in [9.17, 15) is 4.39 Å². The molecule has 4 aromatic carbocycles. The maximum atomic E-state index is 13.7. The Morgan fingerprint density at radius 2 is 1.24 bits per heavy atom. The number of aryl methyl sites for hydroxylation is 1. The van der Waals surface area contributed by atoms with E-state index in [0.717, 1.165) is 23.1 Å². The standard InChI is InChI=1S/C27H24ClF/c1-2-3-4-5-19-6-7-24-17-23(13-12-22(24)16-19)20-8-10-21(11-9-20)25-14-15-26(28)27(29)18-25/h6-18H,2-5H2,1H3. The highest BCUT2D eigenvalue weighted by Crippen LogP contribution is 2.29. The fourth-order valence-electron chi connectivity index (χ4n) is 3.74. The molecule has 0 aliphatic heterocycles. The number of benzene rings is 4. The van der Waals surface area contributed by atoms with Crippen LogP contribution >= 0.6 is 11.6 Å². The Morgan fingerprint density at radius 1 is 0.655 bits per heavy atom. The molecule has 0 bridgehead atoms. The molecule has 0 saturated heterocycles. The summed E-state index contributed by atoms with van der Waals surface area (Å²) in [7, 11) is 0. The van der Waals surface area contributed by atoms with Gasteiger partial charge in [0.25, 0.3) is 0 Å². The first-order chi connectivity index (χ1) is 14.1. The van der Waals surface area contributed by atoms with Crippen molar-refractivity contribution >= 4 is 22.4 Å². The van der Waals surface area contributed by atoms with Gasteiger partial charge < -0.3 is 0 Å². The van der Waals surface area contributed by atoms with Gasteiger partial charge in [0, 0.05) is 0 Å². The zero-order valence-electron chi connectivity index (χ0n) is 16.6. The van der Waals surface area contributed by atoms with E-state index in [1.54, 1.807) is 6.07 Å². The van der Waals surface area contributed by atoms with Gasteiger partial charge >= 0.3 is 0 Å². The van der Waals surface area contributed by atoms with Gasteiger partial charge in [0.15, 0.2) is 0 Å². The predicted octanol–water partition coefficient (Wildman–Crippen LogP) is 8.70. The summed E-state index contributed by atoms with van der Waals surface area (Å²) >= 11 is 5.79. The lowest BCUT2D eigenvalue weighted by molar-refractivity contribution is 0.629. The second-order valence-corrected chi connectivity index (χ2v) is 7.97. The summed E-state index contributed by atoms with van der Waals surface area (Å²) < 4.78 is 13.7. The van der Waals surface area contributed by atoms with Crippen LogP contribution < -0.4 is 0 Å². The summed E-state index contributed by atoms with van der Waals surface area (Å²) in [6.45, 7) is 2.24. The minimum absolute atomic E-state index is 0.148. The smallest absolute Gasteiger partial charge is 0.142 e. The molecule has 0 nitrogen and oxygen atoms in total. The summed E-state index contributed by atoms with van der Waals surface area (Å²) in [4.78, 5) is 0. The molecule has 0 radical (unpaired) electrons. The van der Waals surface area contributed by atoms with Crippen molar-refractivity contribution in [3.63, 3.8) is 0 Å².